The van der Waals surface area contributed by atoms with Gasteiger partial charge in [0.15, 0.2) is 0 Å². The maximum atomic E-state index is 11.5. The zero-order valence-corrected chi connectivity index (χ0v) is 13.0. The Morgan fingerprint density at radius 3 is 2.37 bits per heavy atom. The molecule has 1 saturated heterocycles. The first-order valence-electron chi connectivity index (χ1n) is 7.08. The summed E-state index contributed by atoms with van der Waals surface area (Å²) in [6.07, 6.45) is 5.41. The Hall–Kier alpha value is -0.870. The van der Waals surface area contributed by atoms with Crippen molar-refractivity contribution in [1.82, 2.24) is 5.32 Å². The van der Waals surface area contributed by atoms with Crippen LogP contribution in [0.25, 0.3) is 0 Å². The average Bonchev–Trinajstić information content (AvgIpc) is 2.36. The Kier molecular flexibility index (Phi) is 7.95. The molecule has 4 nitrogen and oxygen atoms in total. The van der Waals surface area contributed by atoms with Crippen LogP contribution >= 0.6 is 0 Å². The fourth-order valence-corrected chi connectivity index (χ4v) is 1.64. The van der Waals surface area contributed by atoms with Crippen LogP contribution in [0.2, 0.25) is 0 Å². The quantitative estimate of drug-likeness (QED) is 0.771. The Bertz CT molecular complexity index is 286. The average molecular weight is 271 g/mol. The van der Waals surface area contributed by atoms with Crippen LogP contribution in [0, 0.1) is 5.41 Å². The van der Waals surface area contributed by atoms with Crippen molar-refractivity contribution >= 4 is 5.91 Å². The number of nitrogens with one attached hydrogen (secondary N) is 1. The molecule has 1 fully saturated rings. The summed E-state index contributed by atoms with van der Waals surface area (Å²) in [5.41, 5.74) is -0.809. The van der Waals surface area contributed by atoms with Crippen molar-refractivity contribution < 1.29 is 14.6 Å². The zero-order valence-electron chi connectivity index (χ0n) is 13.0. The molecular formula is C15H29NO3. The van der Waals surface area contributed by atoms with Crippen LogP contribution < -0.4 is 5.32 Å². The Balaban J connectivity index is 0.00000154. The van der Waals surface area contributed by atoms with Crippen molar-refractivity contribution in [3.05, 3.63) is 12.2 Å². The summed E-state index contributed by atoms with van der Waals surface area (Å²) in [6, 6.07) is 0. The molecule has 1 aliphatic heterocycles. The lowest BCUT2D eigenvalue weighted by Gasteiger charge is -2.30. The van der Waals surface area contributed by atoms with Gasteiger partial charge in [0.25, 0.3) is 0 Å². The van der Waals surface area contributed by atoms with Crippen LogP contribution in [0.5, 0.6) is 0 Å². The predicted molar refractivity (Wildman–Crippen MR) is 78.0 cm³/mol. The van der Waals surface area contributed by atoms with Gasteiger partial charge < -0.3 is 15.2 Å². The predicted octanol–water partition coefficient (Wildman–Crippen LogP) is 2.27. The summed E-state index contributed by atoms with van der Waals surface area (Å²) in [5.74, 6) is -0.153. The normalized spacial score (nSPS) is 18.6. The number of aliphatic hydroxyl groups is 1. The van der Waals surface area contributed by atoms with E-state index in [0.29, 0.717) is 0 Å². The van der Waals surface area contributed by atoms with Crippen LogP contribution in [-0.4, -0.2) is 36.4 Å². The number of amides is 1. The minimum absolute atomic E-state index is 0.0598. The van der Waals surface area contributed by atoms with Gasteiger partial charge in [-0.1, -0.05) is 26.8 Å². The third kappa shape index (κ3) is 8.78. The monoisotopic (exact) mass is 271 g/mol. The van der Waals surface area contributed by atoms with Crippen LogP contribution in [-0.2, 0) is 9.53 Å². The fraction of sp³-hybridized carbons (Fsp3) is 0.800. The number of allylic oxidation sites excluding steroid dienone is 1. The van der Waals surface area contributed by atoms with Gasteiger partial charge in [0.1, 0.15) is 0 Å². The van der Waals surface area contributed by atoms with Gasteiger partial charge in [0.05, 0.1) is 5.60 Å². The third-order valence-corrected chi connectivity index (χ3v) is 2.97. The van der Waals surface area contributed by atoms with Gasteiger partial charge in [-0.3, -0.25) is 4.79 Å². The van der Waals surface area contributed by atoms with E-state index in [-0.39, 0.29) is 17.9 Å². The topological polar surface area (TPSA) is 58.6 Å². The molecule has 0 atom stereocenters. The molecule has 0 saturated carbocycles. The zero-order chi connectivity index (χ0) is 14.9. The highest BCUT2D eigenvalue weighted by molar-refractivity contribution is 5.87. The number of carbonyl (C=O) groups excluding carboxylic acids is 1. The summed E-state index contributed by atoms with van der Waals surface area (Å²) >= 11 is 0. The minimum Gasteiger partial charge on any atom is -0.389 e. The molecule has 112 valence electrons. The minimum atomic E-state index is -0.869. The number of carbonyl (C=O) groups is 1. The highest BCUT2D eigenvalue weighted by atomic mass is 16.5. The summed E-state index contributed by atoms with van der Waals surface area (Å²) < 4.78 is 5.30. The summed E-state index contributed by atoms with van der Waals surface area (Å²) in [7, 11) is 0. The molecule has 19 heavy (non-hydrogen) atoms. The van der Waals surface area contributed by atoms with Crippen molar-refractivity contribution in [2.24, 2.45) is 5.41 Å². The van der Waals surface area contributed by atoms with E-state index in [0.717, 1.165) is 26.1 Å². The number of rotatable bonds is 4. The molecule has 0 aliphatic carbocycles. The van der Waals surface area contributed by atoms with Crippen LogP contribution in [0.15, 0.2) is 12.2 Å². The molecule has 0 unspecified atom stereocenters. The van der Waals surface area contributed by atoms with E-state index in [9.17, 15) is 9.90 Å². The lowest BCUT2D eigenvalue weighted by atomic mass is 9.82. The smallest absolute Gasteiger partial charge is 0.243 e. The van der Waals surface area contributed by atoms with Gasteiger partial charge in [0.2, 0.25) is 5.91 Å². The maximum absolute atomic E-state index is 11.5. The van der Waals surface area contributed by atoms with Gasteiger partial charge in [-0.05, 0) is 38.2 Å². The van der Waals surface area contributed by atoms with E-state index in [1.807, 2.05) is 19.9 Å². The van der Waals surface area contributed by atoms with Crippen molar-refractivity contribution in [2.75, 3.05) is 19.8 Å². The van der Waals surface area contributed by atoms with Crippen molar-refractivity contribution in [3.63, 3.8) is 0 Å². The Morgan fingerprint density at radius 2 is 1.89 bits per heavy atom. The van der Waals surface area contributed by atoms with E-state index in [4.69, 9.17) is 4.74 Å². The van der Waals surface area contributed by atoms with E-state index < -0.39 is 5.60 Å². The van der Waals surface area contributed by atoms with E-state index in [1.54, 1.807) is 19.9 Å². The van der Waals surface area contributed by atoms with Crippen molar-refractivity contribution in [1.29, 1.82) is 0 Å². The maximum Gasteiger partial charge on any atom is 0.243 e. The molecule has 1 amide bonds. The second kappa shape index (κ2) is 8.33. The number of hydrogen-bond donors (Lipinski definition) is 2. The van der Waals surface area contributed by atoms with Gasteiger partial charge in [-0.25, -0.2) is 0 Å². The van der Waals surface area contributed by atoms with Crippen LogP contribution in [0.3, 0.4) is 0 Å². The molecule has 1 rings (SSSR count). The molecule has 0 aromatic carbocycles. The number of hydrogen-bond acceptors (Lipinski definition) is 3. The standard InChI is InChI=1S/C13H23NO3.C2H6/c1-12(2,16)10-14-11(15)4-5-13(3)6-8-17-9-7-13;1-2/h4-5,16H,6-10H2,1-3H3,(H,14,15);1-2H3/b5-4+;. The third-order valence-electron chi connectivity index (χ3n) is 2.97. The van der Waals surface area contributed by atoms with Crippen LogP contribution in [0.1, 0.15) is 47.5 Å². The first-order valence-corrected chi connectivity index (χ1v) is 7.08. The van der Waals surface area contributed by atoms with Crippen molar-refractivity contribution in [2.45, 2.75) is 53.1 Å². The van der Waals surface area contributed by atoms with Crippen molar-refractivity contribution in [3.8, 4) is 0 Å². The lowest BCUT2D eigenvalue weighted by molar-refractivity contribution is -0.117. The fourth-order valence-electron chi connectivity index (χ4n) is 1.64. The molecule has 2 N–H and O–H groups in total. The van der Waals surface area contributed by atoms with E-state index in [2.05, 4.69) is 12.2 Å². The van der Waals surface area contributed by atoms with Crippen LogP contribution in [0.4, 0.5) is 0 Å². The SMILES string of the molecule is CC.CC(C)(O)CNC(=O)/C=C/C1(C)CCOCC1. The first kappa shape index (κ1) is 18.1. The second-order valence-electron chi connectivity index (χ2n) is 5.63. The molecule has 1 aliphatic rings. The van der Waals surface area contributed by atoms with Gasteiger partial charge in [-0.2, -0.15) is 0 Å². The summed E-state index contributed by atoms with van der Waals surface area (Å²) in [4.78, 5) is 11.5. The van der Waals surface area contributed by atoms with E-state index in [1.165, 1.54) is 0 Å². The molecule has 1 heterocycles. The van der Waals surface area contributed by atoms with E-state index >= 15 is 0 Å². The van der Waals surface area contributed by atoms with Gasteiger partial charge in [-0.15, -0.1) is 0 Å². The summed E-state index contributed by atoms with van der Waals surface area (Å²) in [5, 5.41) is 12.2. The Labute approximate surface area is 117 Å². The Morgan fingerprint density at radius 1 is 1.37 bits per heavy atom. The first-order chi connectivity index (χ1) is 8.81. The molecule has 0 bridgehead atoms. The molecule has 0 spiro atoms. The molecule has 0 radical (unpaired) electrons. The van der Waals surface area contributed by atoms with Gasteiger partial charge in [0, 0.05) is 19.8 Å². The number of ether oxygens (including phenoxy) is 1. The highest BCUT2D eigenvalue weighted by Crippen LogP contribution is 2.30. The molecule has 0 aromatic heterocycles. The highest BCUT2D eigenvalue weighted by Gasteiger charge is 2.24. The second-order valence-corrected chi connectivity index (χ2v) is 5.63. The summed E-state index contributed by atoms with van der Waals surface area (Å²) in [6.45, 7) is 11.2. The molecular weight excluding hydrogens is 242 g/mol. The largest absolute Gasteiger partial charge is 0.389 e. The molecule has 4 heteroatoms. The lowest BCUT2D eigenvalue weighted by Crippen LogP contribution is -2.37. The molecule has 0 aromatic rings. The van der Waals surface area contributed by atoms with Gasteiger partial charge >= 0.3 is 0 Å².